The number of hydrogen-bond acceptors (Lipinski definition) is 2. The van der Waals surface area contributed by atoms with Gasteiger partial charge in [0.05, 0.1) is 4.47 Å². The zero-order valence-electron chi connectivity index (χ0n) is 11.1. The minimum Gasteiger partial charge on any atom is -0.480 e. The molecular weight excluding hydrogens is 405 g/mol. The van der Waals surface area contributed by atoms with Gasteiger partial charge >= 0.3 is 0 Å². The van der Waals surface area contributed by atoms with E-state index in [9.17, 15) is 9.18 Å². The Morgan fingerprint density at radius 2 is 1.86 bits per heavy atom. The smallest absolute Gasteiger partial charge is 0.265 e. The predicted octanol–water partition coefficient (Wildman–Crippen LogP) is 4.76. The van der Waals surface area contributed by atoms with E-state index < -0.39 is 6.10 Å². The highest BCUT2D eigenvalue weighted by molar-refractivity contribution is 9.11. The molecule has 0 unspecified atom stereocenters. The largest absolute Gasteiger partial charge is 0.480 e. The van der Waals surface area contributed by atoms with Crippen LogP contribution >= 0.6 is 31.9 Å². The van der Waals surface area contributed by atoms with Gasteiger partial charge in [0.25, 0.3) is 5.91 Å². The highest BCUT2D eigenvalue weighted by atomic mass is 79.9. The number of hydrogen-bond donors (Lipinski definition) is 1. The van der Waals surface area contributed by atoms with Gasteiger partial charge in [-0.05, 0) is 65.3 Å². The molecule has 1 amide bonds. The Hall–Kier alpha value is -1.40. The first-order chi connectivity index (χ1) is 9.95. The predicted molar refractivity (Wildman–Crippen MR) is 87.0 cm³/mol. The van der Waals surface area contributed by atoms with Crippen molar-refractivity contribution in [2.45, 2.75) is 13.0 Å². The number of halogens is 3. The second-order valence-corrected chi connectivity index (χ2v) is 6.10. The number of anilines is 1. The van der Waals surface area contributed by atoms with Crippen molar-refractivity contribution >= 4 is 43.5 Å². The van der Waals surface area contributed by atoms with Crippen LogP contribution in [-0.2, 0) is 4.79 Å². The minimum atomic E-state index is -0.687. The molecule has 0 aromatic heterocycles. The maximum atomic E-state index is 12.8. The van der Waals surface area contributed by atoms with Crippen molar-refractivity contribution < 1.29 is 13.9 Å². The van der Waals surface area contributed by atoms with Crippen LogP contribution in [0.25, 0.3) is 0 Å². The van der Waals surface area contributed by atoms with Crippen LogP contribution in [0.15, 0.2) is 51.4 Å². The average molecular weight is 417 g/mol. The summed E-state index contributed by atoms with van der Waals surface area (Å²) in [6, 6.07) is 11.0. The summed E-state index contributed by atoms with van der Waals surface area (Å²) in [5.41, 5.74) is 0.520. The standard InChI is InChI=1S/C15H12Br2FNO2/c1-9(21-14-7-2-10(16)8-13(14)17)15(20)19-12-5-3-11(18)4-6-12/h2-9H,1H3,(H,19,20)/t9-/m0/s1. The van der Waals surface area contributed by atoms with Crippen LogP contribution in [-0.4, -0.2) is 12.0 Å². The summed E-state index contributed by atoms with van der Waals surface area (Å²) in [5, 5.41) is 2.66. The summed E-state index contributed by atoms with van der Waals surface area (Å²) in [7, 11) is 0. The average Bonchev–Trinajstić information content (AvgIpc) is 2.44. The van der Waals surface area contributed by atoms with Gasteiger partial charge in [0.1, 0.15) is 11.6 Å². The van der Waals surface area contributed by atoms with Crippen molar-refractivity contribution in [3.05, 3.63) is 57.2 Å². The van der Waals surface area contributed by atoms with E-state index in [0.717, 1.165) is 8.95 Å². The molecule has 3 nitrogen and oxygen atoms in total. The molecule has 0 aliphatic heterocycles. The van der Waals surface area contributed by atoms with E-state index >= 15 is 0 Å². The molecule has 2 rings (SSSR count). The number of nitrogens with one attached hydrogen (secondary N) is 1. The van der Waals surface area contributed by atoms with Crippen molar-refractivity contribution in [3.8, 4) is 5.75 Å². The van der Waals surface area contributed by atoms with E-state index in [1.807, 2.05) is 12.1 Å². The minimum absolute atomic E-state index is 0.309. The number of ether oxygens (including phenoxy) is 1. The Morgan fingerprint density at radius 1 is 1.19 bits per heavy atom. The molecule has 1 N–H and O–H groups in total. The fraction of sp³-hybridized carbons (Fsp3) is 0.133. The van der Waals surface area contributed by atoms with Crippen molar-refractivity contribution in [3.63, 3.8) is 0 Å². The summed E-state index contributed by atoms with van der Waals surface area (Å²) in [6.45, 7) is 1.65. The van der Waals surface area contributed by atoms with Crippen LogP contribution in [0.3, 0.4) is 0 Å². The fourth-order valence-corrected chi connectivity index (χ4v) is 2.73. The molecule has 0 heterocycles. The molecule has 0 radical (unpaired) electrons. The lowest BCUT2D eigenvalue weighted by atomic mass is 10.3. The number of benzene rings is 2. The lowest BCUT2D eigenvalue weighted by molar-refractivity contribution is -0.122. The molecule has 2 aromatic rings. The molecule has 0 saturated heterocycles. The Morgan fingerprint density at radius 3 is 2.48 bits per heavy atom. The topological polar surface area (TPSA) is 38.3 Å². The molecule has 0 aliphatic carbocycles. The van der Waals surface area contributed by atoms with Crippen LogP contribution in [0, 0.1) is 5.82 Å². The number of rotatable bonds is 4. The molecule has 0 bridgehead atoms. The summed E-state index contributed by atoms with van der Waals surface area (Å²) >= 11 is 6.72. The highest BCUT2D eigenvalue weighted by Gasteiger charge is 2.16. The molecule has 0 fully saturated rings. The van der Waals surface area contributed by atoms with E-state index in [4.69, 9.17) is 4.74 Å². The van der Waals surface area contributed by atoms with E-state index in [0.29, 0.717) is 11.4 Å². The van der Waals surface area contributed by atoms with Gasteiger partial charge in [-0.3, -0.25) is 4.79 Å². The van der Waals surface area contributed by atoms with E-state index in [1.54, 1.807) is 13.0 Å². The third-order valence-electron chi connectivity index (χ3n) is 2.68. The summed E-state index contributed by atoms with van der Waals surface area (Å²) in [5.74, 6) is -0.0903. The maximum Gasteiger partial charge on any atom is 0.265 e. The Kier molecular flexibility index (Phi) is 5.36. The first-order valence-corrected chi connectivity index (χ1v) is 7.72. The van der Waals surface area contributed by atoms with Gasteiger partial charge in [0, 0.05) is 10.2 Å². The first-order valence-electron chi connectivity index (χ1n) is 6.14. The third-order valence-corrected chi connectivity index (χ3v) is 3.79. The monoisotopic (exact) mass is 415 g/mol. The fourth-order valence-electron chi connectivity index (χ4n) is 1.59. The van der Waals surface area contributed by atoms with Crippen LogP contribution < -0.4 is 10.1 Å². The quantitative estimate of drug-likeness (QED) is 0.780. The van der Waals surface area contributed by atoms with Crippen LogP contribution in [0.4, 0.5) is 10.1 Å². The molecule has 2 aromatic carbocycles. The second-order valence-electron chi connectivity index (χ2n) is 4.33. The van der Waals surface area contributed by atoms with Crippen LogP contribution in [0.5, 0.6) is 5.75 Å². The summed E-state index contributed by atoms with van der Waals surface area (Å²) in [4.78, 5) is 12.0. The van der Waals surface area contributed by atoms with Crippen molar-refractivity contribution in [2.75, 3.05) is 5.32 Å². The Balaban J connectivity index is 2.00. The Labute approximate surface area is 138 Å². The van der Waals surface area contributed by atoms with Gasteiger partial charge < -0.3 is 10.1 Å². The number of carbonyl (C=O) groups excluding carboxylic acids is 1. The van der Waals surface area contributed by atoms with Crippen LogP contribution in [0.2, 0.25) is 0 Å². The molecule has 1 atom stereocenters. The molecule has 0 aliphatic rings. The van der Waals surface area contributed by atoms with Gasteiger partial charge in [-0.25, -0.2) is 4.39 Å². The SMILES string of the molecule is C[C@H](Oc1ccc(Br)cc1Br)C(=O)Nc1ccc(F)cc1. The highest BCUT2D eigenvalue weighted by Crippen LogP contribution is 2.29. The molecule has 21 heavy (non-hydrogen) atoms. The second kappa shape index (κ2) is 7.04. The Bertz CT molecular complexity index is 647. The van der Waals surface area contributed by atoms with Gasteiger partial charge in [0.15, 0.2) is 6.10 Å². The molecule has 0 spiro atoms. The van der Waals surface area contributed by atoms with Gasteiger partial charge in [-0.2, -0.15) is 0 Å². The zero-order valence-corrected chi connectivity index (χ0v) is 14.2. The van der Waals surface area contributed by atoms with E-state index in [2.05, 4.69) is 37.2 Å². The summed E-state index contributed by atoms with van der Waals surface area (Å²) in [6.07, 6.45) is -0.687. The van der Waals surface area contributed by atoms with E-state index in [1.165, 1.54) is 24.3 Å². The number of carbonyl (C=O) groups is 1. The van der Waals surface area contributed by atoms with E-state index in [-0.39, 0.29) is 11.7 Å². The van der Waals surface area contributed by atoms with Gasteiger partial charge in [0.2, 0.25) is 0 Å². The lowest BCUT2D eigenvalue weighted by Gasteiger charge is -2.16. The lowest BCUT2D eigenvalue weighted by Crippen LogP contribution is -2.30. The normalized spacial score (nSPS) is 11.8. The molecular formula is C15H12Br2FNO2. The van der Waals surface area contributed by atoms with Crippen molar-refractivity contribution in [1.82, 2.24) is 0 Å². The van der Waals surface area contributed by atoms with Crippen molar-refractivity contribution in [2.24, 2.45) is 0 Å². The van der Waals surface area contributed by atoms with Gasteiger partial charge in [-0.15, -0.1) is 0 Å². The maximum absolute atomic E-state index is 12.8. The van der Waals surface area contributed by atoms with Gasteiger partial charge in [-0.1, -0.05) is 15.9 Å². The van der Waals surface area contributed by atoms with Crippen LogP contribution in [0.1, 0.15) is 6.92 Å². The third kappa shape index (κ3) is 4.54. The summed E-state index contributed by atoms with van der Waals surface area (Å²) < 4.78 is 20.1. The zero-order chi connectivity index (χ0) is 15.4. The van der Waals surface area contributed by atoms with Crippen molar-refractivity contribution in [1.29, 1.82) is 0 Å². The number of amides is 1. The first kappa shape index (κ1) is 16.0. The molecule has 110 valence electrons. The molecule has 6 heteroatoms. The molecule has 0 saturated carbocycles.